The second-order valence-corrected chi connectivity index (χ2v) is 9.01. The van der Waals surface area contributed by atoms with Gasteiger partial charge >= 0.3 is 0 Å². The van der Waals surface area contributed by atoms with Crippen LogP contribution >= 0.6 is 0 Å². The van der Waals surface area contributed by atoms with Crippen molar-refractivity contribution in [1.82, 2.24) is 10.2 Å². The Morgan fingerprint density at radius 3 is 2.54 bits per heavy atom. The number of hydrogen-bond donors (Lipinski definition) is 1. The molecule has 154 valence electrons. The van der Waals surface area contributed by atoms with E-state index in [4.69, 9.17) is 4.42 Å². The Hall–Kier alpha value is -2.11. The average Bonchev–Trinajstić information content (AvgIpc) is 2.96. The molecule has 1 aromatic heterocycles. The number of Topliss-reactive ketones (excluding diaryl/α,β-unsaturated/α-hetero) is 1. The number of nitrogens with one attached hydrogen (secondary N) is 1. The first kappa shape index (κ1) is 20.6. The maximum atomic E-state index is 13.0. The number of carbonyl (C=O) groups excluding carboxylic acids is 3. The molecular formula is C22H32N2O4. The molecule has 1 N–H and O–H groups in total. The lowest BCUT2D eigenvalue weighted by atomic mass is 9.76. The highest BCUT2D eigenvalue weighted by Crippen LogP contribution is 2.38. The van der Waals surface area contributed by atoms with E-state index in [9.17, 15) is 14.4 Å². The van der Waals surface area contributed by atoms with Gasteiger partial charge in [-0.15, -0.1) is 0 Å². The van der Waals surface area contributed by atoms with Gasteiger partial charge in [0.1, 0.15) is 5.76 Å². The van der Waals surface area contributed by atoms with Gasteiger partial charge in [-0.3, -0.25) is 14.4 Å². The monoisotopic (exact) mass is 388 g/mol. The van der Waals surface area contributed by atoms with Gasteiger partial charge in [-0.2, -0.15) is 0 Å². The summed E-state index contributed by atoms with van der Waals surface area (Å²) in [7, 11) is 0. The number of carbonyl (C=O) groups is 3. The van der Waals surface area contributed by atoms with Gasteiger partial charge in [0.15, 0.2) is 11.5 Å². The summed E-state index contributed by atoms with van der Waals surface area (Å²) in [5, 5.41) is 2.99. The Kier molecular flexibility index (Phi) is 5.96. The second kappa shape index (κ2) is 8.10. The fourth-order valence-electron chi connectivity index (χ4n) is 4.31. The standard InChI is InChI=1S/C22H32N2O4/c1-5-6-9-23-20(26)15-7-10-24(11-8-15)21(27)19-14(2)18-16(25)12-22(3,4)13-17(18)28-19/h15H,5-13H2,1-4H3,(H,23,26). The summed E-state index contributed by atoms with van der Waals surface area (Å²) in [6.45, 7) is 9.78. The van der Waals surface area contributed by atoms with Gasteiger partial charge in [-0.05, 0) is 31.6 Å². The van der Waals surface area contributed by atoms with Crippen molar-refractivity contribution in [2.24, 2.45) is 11.3 Å². The molecule has 0 radical (unpaired) electrons. The van der Waals surface area contributed by atoms with Gasteiger partial charge in [0.2, 0.25) is 5.91 Å². The fourth-order valence-corrected chi connectivity index (χ4v) is 4.31. The van der Waals surface area contributed by atoms with Crippen LogP contribution in [0.5, 0.6) is 0 Å². The van der Waals surface area contributed by atoms with E-state index in [-0.39, 0.29) is 28.9 Å². The van der Waals surface area contributed by atoms with Crippen molar-refractivity contribution in [1.29, 1.82) is 0 Å². The van der Waals surface area contributed by atoms with Crippen LogP contribution < -0.4 is 5.32 Å². The quantitative estimate of drug-likeness (QED) is 0.783. The minimum atomic E-state index is -0.164. The molecule has 0 saturated carbocycles. The number of furan rings is 1. The van der Waals surface area contributed by atoms with Crippen LogP contribution in [0.25, 0.3) is 0 Å². The van der Waals surface area contributed by atoms with Gasteiger partial charge in [-0.1, -0.05) is 27.2 Å². The first-order valence-electron chi connectivity index (χ1n) is 10.5. The van der Waals surface area contributed by atoms with E-state index in [0.29, 0.717) is 61.4 Å². The highest BCUT2D eigenvalue weighted by atomic mass is 16.4. The maximum absolute atomic E-state index is 13.0. The number of nitrogens with zero attached hydrogens (tertiary/aromatic N) is 1. The first-order valence-corrected chi connectivity index (χ1v) is 10.5. The summed E-state index contributed by atoms with van der Waals surface area (Å²) in [5.74, 6) is 0.901. The smallest absolute Gasteiger partial charge is 0.289 e. The number of rotatable bonds is 5. The van der Waals surface area contributed by atoms with Gasteiger partial charge in [-0.25, -0.2) is 0 Å². The number of likely N-dealkylation sites (tertiary alicyclic amines) is 1. The Bertz CT molecular complexity index is 770. The van der Waals surface area contributed by atoms with E-state index in [0.717, 1.165) is 19.4 Å². The highest BCUT2D eigenvalue weighted by molar-refractivity contribution is 6.03. The Morgan fingerprint density at radius 2 is 1.89 bits per heavy atom. The van der Waals surface area contributed by atoms with E-state index in [1.54, 1.807) is 11.8 Å². The van der Waals surface area contributed by atoms with Crippen molar-refractivity contribution in [2.45, 2.75) is 66.2 Å². The van der Waals surface area contributed by atoms with Gasteiger partial charge in [0.25, 0.3) is 5.91 Å². The average molecular weight is 389 g/mol. The highest BCUT2D eigenvalue weighted by Gasteiger charge is 2.38. The number of fused-ring (bicyclic) bond motifs is 1. The van der Waals surface area contributed by atoms with Crippen LogP contribution in [0, 0.1) is 18.3 Å². The summed E-state index contributed by atoms with van der Waals surface area (Å²) in [6, 6.07) is 0. The summed E-state index contributed by atoms with van der Waals surface area (Å²) in [6.07, 6.45) is 4.51. The van der Waals surface area contributed by atoms with Crippen LogP contribution in [-0.4, -0.2) is 42.1 Å². The number of piperidine rings is 1. The number of unbranched alkanes of at least 4 members (excludes halogenated alkanes) is 1. The van der Waals surface area contributed by atoms with Crippen molar-refractivity contribution in [2.75, 3.05) is 19.6 Å². The van der Waals surface area contributed by atoms with E-state index < -0.39 is 0 Å². The lowest BCUT2D eigenvalue weighted by Crippen LogP contribution is -2.43. The number of ketones is 1. The summed E-state index contributed by atoms with van der Waals surface area (Å²) >= 11 is 0. The third-order valence-electron chi connectivity index (χ3n) is 5.95. The molecule has 1 aromatic rings. The maximum Gasteiger partial charge on any atom is 0.289 e. The van der Waals surface area contributed by atoms with E-state index in [2.05, 4.69) is 12.2 Å². The van der Waals surface area contributed by atoms with Crippen molar-refractivity contribution >= 4 is 17.6 Å². The van der Waals surface area contributed by atoms with Crippen molar-refractivity contribution in [3.05, 3.63) is 22.6 Å². The molecule has 28 heavy (non-hydrogen) atoms. The van der Waals surface area contributed by atoms with E-state index in [1.165, 1.54) is 0 Å². The van der Waals surface area contributed by atoms with Crippen LogP contribution in [0.3, 0.4) is 0 Å². The third kappa shape index (κ3) is 4.15. The Morgan fingerprint density at radius 1 is 1.21 bits per heavy atom. The van der Waals surface area contributed by atoms with Crippen LogP contribution in [0.1, 0.15) is 85.1 Å². The molecular weight excluding hydrogens is 356 g/mol. The van der Waals surface area contributed by atoms with Crippen LogP contribution in [-0.2, 0) is 11.2 Å². The number of hydrogen-bond acceptors (Lipinski definition) is 4. The molecule has 0 atom stereocenters. The zero-order valence-corrected chi connectivity index (χ0v) is 17.5. The van der Waals surface area contributed by atoms with Crippen molar-refractivity contribution in [3.8, 4) is 0 Å². The summed E-state index contributed by atoms with van der Waals surface area (Å²) < 4.78 is 5.91. The van der Waals surface area contributed by atoms with Gasteiger partial charge in [0, 0.05) is 44.0 Å². The first-order chi connectivity index (χ1) is 13.2. The summed E-state index contributed by atoms with van der Waals surface area (Å²) in [4.78, 5) is 39.5. The Labute approximate surface area is 167 Å². The lowest BCUT2D eigenvalue weighted by Gasteiger charge is -2.31. The molecule has 6 heteroatoms. The predicted molar refractivity (Wildman–Crippen MR) is 106 cm³/mol. The molecule has 1 aliphatic carbocycles. The lowest BCUT2D eigenvalue weighted by molar-refractivity contribution is -0.126. The molecule has 1 saturated heterocycles. The molecule has 1 fully saturated rings. The molecule has 2 heterocycles. The molecule has 0 spiro atoms. The molecule has 0 unspecified atom stereocenters. The Balaban J connectivity index is 1.65. The zero-order chi connectivity index (χ0) is 20.5. The van der Waals surface area contributed by atoms with Crippen molar-refractivity contribution < 1.29 is 18.8 Å². The molecule has 2 amide bonds. The SMILES string of the molecule is CCCCNC(=O)C1CCN(C(=O)c2oc3c(c2C)C(=O)CC(C)(C)C3)CC1. The van der Waals surface area contributed by atoms with Crippen molar-refractivity contribution in [3.63, 3.8) is 0 Å². The largest absolute Gasteiger partial charge is 0.455 e. The molecule has 2 aliphatic rings. The molecule has 0 bridgehead atoms. The molecule has 3 rings (SSSR count). The topological polar surface area (TPSA) is 79.6 Å². The fraction of sp³-hybridized carbons (Fsp3) is 0.682. The van der Waals surface area contributed by atoms with E-state index in [1.807, 2.05) is 13.8 Å². The van der Waals surface area contributed by atoms with Crippen LogP contribution in [0.4, 0.5) is 0 Å². The third-order valence-corrected chi connectivity index (χ3v) is 5.95. The van der Waals surface area contributed by atoms with Crippen LogP contribution in [0.15, 0.2) is 4.42 Å². The minimum Gasteiger partial charge on any atom is -0.455 e. The summed E-state index contributed by atoms with van der Waals surface area (Å²) in [5.41, 5.74) is 1.13. The van der Waals surface area contributed by atoms with Gasteiger partial charge < -0.3 is 14.6 Å². The van der Waals surface area contributed by atoms with Crippen LogP contribution in [0.2, 0.25) is 0 Å². The normalized spacial score (nSPS) is 19.4. The zero-order valence-electron chi connectivity index (χ0n) is 17.5. The van der Waals surface area contributed by atoms with E-state index >= 15 is 0 Å². The number of amides is 2. The molecule has 0 aromatic carbocycles. The second-order valence-electron chi connectivity index (χ2n) is 9.01. The minimum absolute atomic E-state index is 0.0332. The molecule has 1 aliphatic heterocycles. The van der Waals surface area contributed by atoms with Gasteiger partial charge in [0.05, 0.1) is 5.56 Å². The predicted octanol–water partition coefficient (Wildman–Crippen LogP) is 3.51. The molecule has 6 nitrogen and oxygen atoms in total.